The number of rotatable bonds is 7. The standard InChI is InChI=1S/C22H44O2Si/c1-17(2)19-13-12-18(3)22(7,14-15-23)20(19)11-10-16-24-25(8,9)21(4,5)6/h18,20,23H,10-16H2,1-9H3/t18-,20-,22-/m1/s1. The van der Waals surface area contributed by atoms with Gasteiger partial charge in [0, 0.05) is 13.2 Å². The van der Waals surface area contributed by atoms with E-state index in [2.05, 4.69) is 61.6 Å². The van der Waals surface area contributed by atoms with Crippen LogP contribution in [0.15, 0.2) is 11.1 Å². The van der Waals surface area contributed by atoms with Gasteiger partial charge < -0.3 is 9.53 Å². The van der Waals surface area contributed by atoms with Gasteiger partial charge in [0.15, 0.2) is 8.32 Å². The van der Waals surface area contributed by atoms with Gasteiger partial charge in [-0.2, -0.15) is 0 Å². The van der Waals surface area contributed by atoms with Crippen molar-refractivity contribution in [2.24, 2.45) is 17.3 Å². The van der Waals surface area contributed by atoms with Crippen LogP contribution in [0.3, 0.4) is 0 Å². The van der Waals surface area contributed by atoms with Gasteiger partial charge in [0.1, 0.15) is 0 Å². The van der Waals surface area contributed by atoms with Gasteiger partial charge in [0.05, 0.1) is 0 Å². The predicted molar refractivity (Wildman–Crippen MR) is 112 cm³/mol. The Kier molecular flexibility index (Phi) is 7.98. The Morgan fingerprint density at radius 2 is 1.88 bits per heavy atom. The van der Waals surface area contributed by atoms with Crippen LogP contribution in [-0.4, -0.2) is 26.6 Å². The summed E-state index contributed by atoms with van der Waals surface area (Å²) in [5, 5.41) is 9.96. The minimum absolute atomic E-state index is 0.219. The Hall–Kier alpha value is -0.123. The van der Waals surface area contributed by atoms with E-state index in [1.54, 1.807) is 5.57 Å². The van der Waals surface area contributed by atoms with Gasteiger partial charge in [-0.05, 0) is 81.3 Å². The van der Waals surface area contributed by atoms with E-state index >= 15 is 0 Å². The second kappa shape index (κ2) is 8.71. The van der Waals surface area contributed by atoms with Crippen LogP contribution in [0, 0.1) is 17.3 Å². The predicted octanol–water partition coefficient (Wildman–Crippen LogP) is 6.56. The van der Waals surface area contributed by atoms with Crippen molar-refractivity contribution in [3.8, 4) is 0 Å². The zero-order chi connectivity index (χ0) is 19.5. The van der Waals surface area contributed by atoms with Crippen LogP contribution >= 0.6 is 0 Å². The van der Waals surface area contributed by atoms with Crippen molar-refractivity contribution in [1.82, 2.24) is 0 Å². The third kappa shape index (κ3) is 5.43. The van der Waals surface area contributed by atoms with Crippen molar-refractivity contribution < 1.29 is 9.53 Å². The largest absolute Gasteiger partial charge is 0.417 e. The van der Waals surface area contributed by atoms with Crippen LogP contribution in [0.25, 0.3) is 0 Å². The van der Waals surface area contributed by atoms with Crippen molar-refractivity contribution in [2.45, 2.75) is 98.7 Å². The smallest absolute Gasteiger partial charge is 0.191 e. The lowest BCUT2D eigenvalue weighted by Crippen LogP contribution is -2.42. The van der Waals surface area contributed by atoms with E-state index in [1.807, 2.05) is 0 Å². The van der Waals surface area contributed by atoms with Crippen LogP contribution in [0.4, 0.5) is 0 Å². The highest BCUT2D eigenvalue weighted by Gasteiger charge is 2.43. The summed E-state index contributed by atoms with van der Waals surface area (Å²) in [4.78, 5) is 0. The first-order valence-electron chi connectivity index (χ1n) is 10.3. The molecule has 1 aliphatic rings. The highest BCUT2D eigenvalue weighted by molar-refractivity contribution is 6.74. The second-order valence-electron chi connectivity index (χ2n) is 10.2. The van der Waals surface area contributed by atoms with Crippen molar-refractivity contribution >= 4 is 8.32 Å². The summed E-state index contributed by atoms with van der Waals surface area (Å²) in [5.41, 5.74) is 3.36. The van der Waals surface area contributed by atoms with E-state index in [0.717, 1.165) is 19.4 Å². The summed E-state index contributed by atoms with van der Waals surface area (Å²) in [6.07, 6.45) is 5.72. The molecule has 0 heterocycles. The summed E-state index contributed by atoms with van der Waals surface area (Å²) >= 11 is 0. The van der Waals surface area contributed by atoms with Crippen LogP contribution in [0.5, 0.6) is 0 Å². The maximum atomic E-state index is 9.68. The summed E-state index contributed by atoms with van der Waals surface area (Å²) in [5.74, 6) is 1.27. The minimum Gasteiger partial charge on any atom is -0.417 e. The monoisotopic (exact) mass is 368 g/mol. The van der Waals surface area contributed by atoms with Crippen molar-refractivity contribution in [3.05, 3.63) is 11.1 Å². The topological polar surface area (TPSA) is 29.5 Å². The SMILES string of the molecule is CC(C)=C1CC[C@@H](C)[C@@](C)(CCO)[C@@H]1CCCO[Si](C)(C)C(C)(C)C. The molecule has 0 aliphatic heterocycles. The molecule has 25 heavy (non-hydrogen) atoms. The van der Waals surface area contributed by atoms with Gasteiger partial charge in [0.25, 0.3) is 0 Å². The first kappa shape index (κ1) is 22.9. The highest BCUT2D eigenvalue weighted by Crippen LogP contribution is 2.52. The molecule has 0 radical (unpaired) electrons. The molecule has 148 valence electrons. The molecule has 3 heteroatoms. The summed E-state index contributed by atoms with van der Waals surface area (Å²) in [7, 11) is -1.65. The van der Waals surface area contributed by atoms with Crippen molar-refractivity contribution in [3.63, 3.8) is 0 Å². The molecule has 0 saturated heterocycles. The molecule has 2 nitrogen and oxygen atoms in total. The Labute approximate surface area is 158 Å². The number of hydrogen-bond donors (Lipinski definition) is 1. The van der Waals surface area contributed by atoms with Crippen LogP contribution in [-0.2, 0) is 4.43 Å². The molecular formula is C22H44O2Si. The molecule has 1 N–H and O–H groups in total. The number of aliphatic hydroxyl groups is 1. The van der Waals surface area contributed by atoms with Gasteiger partial charge >= 0.3 is 0 Å². The normalized spacial score (nSPS) is 28.3. The average molecular weight is 369 g/mol. The second-order valence-corrected chi connectivity index (χ2v) is 15.1. The summed E-state index contributed by atoms with van der Waals surface area (Å²) < 4.78 is 6.41. The van der Waals surface area contributed by atoms with Gasteiger partial charge in [-0.15, -0.1) is 0 Å². The van der Waals surface area contributed by atoms with E-state index in [-0.39, 0.29) is 10.5 Å². The molecule has 1 rings (SSSR count). The molecule has 1 saturated carbocycles. The molecular weight excluding hydrogens is 324 g/mol. The van der Waals surface area contributed by atoms with Crippen LogP contribution in [0.1, 0.15) is 80.6 Å². The third-order valence-corrected chi connectivity index (χ3v) is 11.9. The quantitative estimate of drug-likeness (QED) is 0.313. The fourth-order valence-electron chi connectivity index (χ4n) is 4.21. The fourth-order valence-corrected chi connectivity index (χ4v) is 5.30. The van der Waals surface area contributed by atoms with E-state index in [4.69, 9.17) is 4.43 Å². The Morgan fingerprint density at radius 1 is 1.28 bits per heavy atom. The van der Waals surface area contributed by atoms with Gasteiger partial charge in [-0.25, -0.2) is 0 Å². The number of aliphatic hydroxyl groups excluding tert-OH is 1. The Balaban J connectivity index is 2.81. The van der Waals surface area contributed by atoms with Crippen molar-refractivity contribution in [2.75, 3.05) is 13.2 Å². The van der Waals surface area contributed by atoms with Gasteiger partial charge in [0.2, 0.25) is 0 Å². The van der Waals surface area contributed by atoms with Crippen molar-refractivity contribution in [1.29, 1.82) is 0 Å². The maximum Gasteiger partial charge on any atom is 0.191 e. The van der Waals surface area contributed by atoms with Crippen LogP contribution in [0.2, 0.25) is 18.1 Å². The number of allylic oxidation sites excluding steroid dienone is 2. The molecule has 0 aromatic carbocycles. The third-order valence-electron chi connectivity index (χ3n) is 7.39. The van der Waals surface area contributed by atoms with Crippen LogP contribution < -0.4 is 0 Å². The Morgan fingerprint density at radius 3 is 2.36 bits per heavy atom. The lowest BCUT2D eigenvalue weighted by Gasteiger charge is -2.48. The molecule has 0 aromatic rings. The van der Waals surface area contributed by atoms with E-state index < -0.39 is 8.32 Å². The molecule has 0 spiro atoms. The van der Waals surface area contributed by atoms with Gasteiger partial charge in [-0.3, -0.25) is 0 Å². The first-order valence-corrected chi connectivity index (χ1v) is 13.2. The molecule has 0 bridgehead atoms. The van der Waals surface area contributed by atoms with Gasteiger partial charge in [-0.1, -0.05) is 45.8 Å². The van der Waals surface area contributed by atoms with E-state index in [9.17, 15) is 5.11 Å². The molecule has 1 fully saturated rings. The molecule has 0 amide bonds. The first-order chi connectivity index (χ1) is 11.4. The summed E-state index contributed by atoms with van der Waals surface area (Å²) in [6, 6.07) is 0. The van der Waals surface area contributed by atoms with E-state index in [0.29, 0.717) is 18.4 Å². The lowest BCUT2D eigenvalue weighted by molar-refractivity contribution is 0.0472. The zero-order valence-electron chi connectivity index (χ0n) is 18.5. The van der Waals surface area contributed by atoms with E-state index in [1.165, 1.54) is 24.8 Å². The maximum absolute atomic E-state index is 9.68. The zero-order valence-corrected chi connectivity index (χ0v) is 19.5. The summed E-state index contributed by atoms with van der Waals surface area (Å²) in [6.45, 7) is 22.1. The average Bonchev–Trinajstić information content (AvgIpc) is 2.46. The Bertz CT molecular complexity index is 457. The lowest BCUT2D eigenvalue weighted by atomic mass is 9.57. The molecule has 0 unspecified atom stereocenters. The molecule has 3 atom stereocenters. The fraction of sp³-hybridized carbons (Fsp3) is 0.909. The molecule has 1 aliphatic carbocycles. The minimum atomic E-state index is -1.65. The highest BCUT2D eigenvalue weighted by atomic mass is 28.4. The number of hydrogen-bond acceptors (Lipinski definition) is 2. The molecule has 0 aromatic heterocycles.